The normalized spacial score (nSPS) is 11.1. The first-order valence-electron chi connectivity index (χ1n) is 6.61. The predicted octanol–water partition coefficient (Wildman–Crippen LogP) is 3.97. The molecule has 3 rings (SSSR count). The van der Waals surface area contributed by atoms with E-state index in [1.165, 1.54) is 23.9 Å². The molecule has 0 saturated carbocycles. The van der Waals surface area contributed by atoms with Crippen LogP contribution in [-0.4, -0.2) is 7.11 Å². The molecule has 0 saturated heterocycles. The SMILES string of the molecule is COc1cc(/C=C/c2ccc3ccccc3c2)oc(=O)c1. The fraction of sp³-hybridized carbons (Fsp3) is 0.0556. The maximum Gasteiger partial charge on any atom is 0.339 e. The lowest BCUT2D eigenvalue weighted by molar-refractivity contribution is 0.400. The van der Waals surface area contributed by atoms with Crippen LogP contribution in [0, 0.1) is 0 Å². The molecule has 0 atom stereocenters. The second-order valence-electron chi connectivity index (χ2n) is 4.66. The monoisotopic (exact) mass is 278 g/mol. The molecule has 0 amide bonds. The van der Waals surface area contributed by atoms with Gasteiger partial charge in [0, 0.05) is 6.07 Å². The largest absolute Gasteiger partial charge is 0.496 e. The van der Waals surface area contributed by atoms with E-state index in [1.807, 2.05) is 24.3 Å². The standard InChI is InChI=1S/C18H14O3/c1-20-17-11-16(21-18(19)12-17)9-7-13-6-8-14-4-2-3-5-15(14)10-13/h2-12H,1H3/b9-7+. The van der Waals surface area contributed by atoms with Gasteiger partial charge in [-0.25, -0.2) is 4.79 Å². The molecule has 104 valence electrons. The minimum absolute atomic E-state index is 0.424. The molecule has 2 aromatic carbocycles. The summed E-state index contributed by atoms with van der Waals surface area (Å²) in [7, 11) is 1.52. The quantitative estimate of drug-likeness (QED) is 0.727. The first kappa shape index (κ1) is 13.2. The lowest BCUT2D eigenvalue weighted by atomic mass is 10.1. The zero-order valence-electron chi connectivity index (χ0n) is 11.6. The van der Waals surface area contributed by atoms with Crippen molar-refractivity contribution in [2.75, 3.05) is 7.11 Å². The van der Waals surface area contributed by atoms with Gasteiger partial charge >= 0.3 is 5.63 Å². The van der Waals surface area contributed by atoms with E-state index in [2.05, 4.69) is 24.3 Å². The number of methoxy groups -OCH3 is 1. The summed E-state index contributed by atoms with van der Waals surface area (Å²) >= 11 is 0. The first-order chi connectivity index (χ1) is 10.2. The molecule has 0 unspecified atom stereocenters. The van der Waals surface area contributed by atoms with Gasteiger partial charge in [-0.1, -0.05) is 42.5 Å². The molecule has 3 nitrogen and oxygen atoms in total. The summed E-state index contributed by atoms with van der Waals surface area (Å²) in [6.07, 6.45) is 3.66. The van der Waals surface area contributed by atoms with Crippen LogP contribution in [-0.2, 0) is 0 Å². The summed E-state index contributed by atoms with van der Waals surface area (Å²) in [5.74, 6) is 0.955. The van der Waals surface area contributed by atoms with Crippen LogP contribution in [0.15, 0.2) is 63.8 Å². The van der Waals surface area contributed by atoms with E-state index in [0.29, 0.717) is 11.5 Å². The number of fused-ring (bicyclic) bond motifs is 1. The van der Waals surface area contributed by atoms with Crippen molar-refractivity contribution in [2.24, 2.45) is 0 Å². The molecule has 0 spiro atoms. The molecule has 0 aliphatic rings. The summed E-state index contributed by atoms with van der Waals surface area (Å²) in [6.45, 7) is 0. The molecular formula is C18H14O3. The van der Waals surface area contributed by atoms with Gasteiger partial charge in [0.1, 0.15) is 11.5 Å². The van der Waals surface area contributed by atoms with Crippen LogP contribution in [0.5, 0.6) is 5.75 Å². The molecule has 0 N–H and O–H groups in total. The van der Waals surface area contributed by atoms with Crippen molar-refractivity contribution >= 4 is 22.9 Å². The molecule has 0 radical (unpaired) electrons. The molecule has 3 heteroatoms. The number of benzene rings is 2. The Hall–Kier alpha value is -2.81. The molecule has 1 aromatic heterocycles. The zero-order chi connectivity index (χ0) is 14.7. The highest BCUT2D eigenvalue weighted by Gasteiger charge is 1.99. The second kappa shape index (κ2) is 5.67. The van der Waals surface area contributed by atoms with E-state index in [9.17, 15) is 4.79 Å². The van der Waals surface area contributed by atoms with Gasteiger partial charge in [-0.15, -0.1) is 0 Å². The summed E-state index contributed by atoms with van der Waals surface area (Å²) < 4.78 is 10.2. The Bertz CT molecular complexity index is 859. The Morgan fingerprint density at radius 2 is 1.76 bits per heavy atom. The van der Waals surface area contributed by atoms with Crippen molar-refractivity contribution < 1.29 is 9.15 Å². The highest BCUT2D eigenvalue weighted by molar-refractivity contribution is 5.85. The molecular weight excluding hydrogens is 264 g/mol. The van der Waals surface area contributed by atoms with E-state index in [0.717, 1.165) is 5.56 Å². The van der Waals surface area contributed by atoms with Crippen LogP contribution in [0.1, 0.15) is 11.3 Å². The molecule has 3 aromatic rings. The van der Waals surface area contributed by atoms with Gasteiger partial charge in [-0.2, -0.15) is 0 Å². The zero-order valence-corrected chi connectivity index (χ0v) is 11.6. The van der Waals surface area contributed by atoms with Gasteiger partial charge in [-0.3, -0.25) is 0 Å². The van der Waals surface area contributed by atoms with E-state index < -0.39 is 5.63 Å². The maximum absolute atomic E-state index is 11.4. The van der Waals surface area contributed by atoms with E-state index >= 15 is 0 Å². The molecule has 0 bridgehead atoms. The van der Waals surface area contributed by atoms with E-state index in [-0.39, 0.29) is 0 Å². The average Bonchev–Trinajstić information content (AvgIpc) is 2.52. The van der Waals surface area contributed by atoms with Crippen LogP contribution in [0.2, 0.25) is 0 Å². The second-order valence-corrected chi connectivity index (χ2v) is 4.66. The highest BCUT2D eigenvalue weighted by atomic mass is 16.5. The molecule has 1 heterocycles. The minimum Gasteiger partial charge on any atom is -0.496 e. The van der Waals surface area contributed by atoms with E-state index in [4.69, 9.17) is 9.15 Å². The van der Waals surface area contributed by atoms with Gasteiger partial charge in [0.05, 0.1) is 13.2 Å². The molecule has 21 heavy (non-hydrogen) atoms. The predicted molar refractivity (Wildman–Crippen MR) is 84.4 cm³/mol. The number of rotatable bonds is 3. The average molecular weight is 278 g/mol. The molecule has 0 aliphatic carbocycles. The van der Waals surface area contributed by atoms with E-state index in [1.54, 1.807) is 12.1 Å². The number of ether oxygens (including phenoxy) is 1. The topological polar surface area (TPSA) is 39.4 Å². The van der Waals surface area contributed by atoms with Crippen molar-refractivity contribution in [3.63, 3.8) is 0 Å². The Morgan fingerprint density at radius 3 is 2.57 bits per heavy atom. The van der Waals surface area contributed by atoms with Gasteiger partial charge in [0.2, 0.25) is 0 Å². The van der Waals surface area contributed by atoms with Gasteiger partial charge in [0.15, 0.2) is 0 Å². The van der Waals surface area contributed by atoms with Gasteiger partial charge < -0.3 is 9.15 Å². The Morgan fingerprint density at radius 1 is 0.952 bits per heavy atom. The molecule has 0 aliphatic heterocycles. The maximum atomic E-state index is 11.4. The third-order valence-corrected chi connectivity index (χ3v) is 3.21. The third kappa shape index (κ3) is 3.03. The van der Waals surface area contributed by atoms with Crippen LogP contribution >= 0.6 is 0 Å². The van der Waals surface area contributed by atoms with Crippen molar-refractivity contribution in [3.8, 4) is 5.75 Å². The summed E-state index contributed by atoms with van der Waals surface area (Å²) in [4.78, 5) is 11.4. The van der Waals surface area contributed by atoms with Crippen LogP contribution in [0.3, 0.4) is 0 Å². The highest BCUT2D eigenvalue weighted by Crippen LogP contribution is 2.18. The minimum atomic E-state index is -0.424. The Labute approximate surface area is 122 Å². The summed E-state index contributed by atoms with van der Waals surface area (Å²) in [6, 6.07) is 17.3. The van der Waals surface area contributed by atoms with Gasteiger partial charge in [-0.05, 0) is 28.5 Å². The number of hydrogen-bond donors (Lipinski definition) is 0. The summed E-state index contributed by atoms with van der Waals surface area (Å²) in [5.41, 5.74) is 0.617. The van der Waals surface area contributed by atoms with Crippen molar-refractivity contribution in [1.29, 1.82) is 0 Å². The lowest BCUT2D eigenvalue weighted by Gasteiger charge is -2.00. The number of hydrogen-bond acceptors (Lipinski definition) is 3. The van der Waals surface area contributed by atoms with Crippen LogP contribution < -0.4 is 10.4 Å². The Balaban J connectivity index is 1.94. The lowest BCUT2D eigenvalue weighted by Crippen LogP contribution is -1.98. The van der Waals surface area contributed by atoms with Crippen LogP contribution in [0.4, 0.5) is 0 Å². The first-order valence-corrected chi connectivity index (χ1v) is 6.61. The third-order valence-electron chi connectivity index (χ3n) is 3.21. The van der Waals surface area contributed by atoms with Crippen molar-refractivity contribution in [3.05, 3.63) is 76.3 Å². The fourth-order valence-corrected chi connectivity index (χ4v) is 2.16. The van der Waals surface area contributed by atoms with Crippen molar-refractivity contribution in [1.82, 2.24) is 0 Å². The van der Waals surface area contributed by atoms with Gasteiger partial charge in [0.25, 0.3) is 0 Å². The van der Waals surface area contributed by atoms with Crippen molar-refractivity contribution in [2.45, 2.75) is 0 Å². The molecule has 0 fully saturated rings. The van der Waals surface area contributed by atoms with Crippen LogP contribution in [0.25, 0.3) is 22.9 Å². The fourth-order valence-electron chi connectivity index (χ4n) is 2.16. The summed E-state index contributed by atoms with van der Waals surface area (Å²) in [5, 5.41) is 2.37. The smallest absolute Gasteiger partial charge is 0.339 e. The Kier molecular flexibility index (Phi) is 3.56.